The molecular weight excluding hydrogens is 400 g/mol. The third-order valence-corrected chi connectivity index (χ3v) is 4.99. The van der Waals surface area contributed by atoms with Crippen LogP contribution < -0.4 is 10.6 Å². The highest BCUT2D eigenvalue weighted by molar-refractivity contribution is 6.33. The molecule has 6 nitrogen and oxygen atoms in total. The average molecular weight is 419 g/mol. The molecule has 2 amide bonds. The first-order chi connectivity index (χ1) is 14.6. The van der Waals surface area contributed by atoms with E-state index in [1.807, 2.05) is 54.6 Å². The maximum absolute atomic E-state index is 12.8. The lowest BCUT2D eigenvalue weighted by Crippen LogP contribution is -2.31. The SMILES string of the molecule is O=C(C[C@H](NC(=O)c1ccccc1Cl)c1ccccc1)Nc1nc2ccccc2[nH]1. The van der Waals surface area contributed by atoms with Crippen molar-refractivity contribution in [3.8, 4) is 0 Å². The van der Waals surface area contributed by atoms with Crippen molar-refractivity contribution in [2.45, 2.75) is 12.5 Å². The topological polar surface area (TPSA) is 86.9 Å². The minimum Gasteiger partial charge on any atom is -0.345 e. The summed E-state index contributed by atoms with van der Waals surface area (Å²) in [5, 5.41) is 6.05. The van der Waals surface area contributed by atoms with E-state index < -0.39 is 6.04 Å². The number of hydrogen-bond donors (Lipinski definition) is 3. The van der Waals surface area contributed by atoms with Crippen LogP contribution in [0.25, 0.3) is 11.0 Å². The van der Waals surface area contributed by atoms with Crippen LogP contribution >= 0.6 is 11.6 Å². The molecule has 30 heavy (non-hydrogen) atoms. The highest BCUT2D eigenvalue weighted by Gasteiger charge is 2.21. The first-order valence-corrected chi connectivity index (χ1v) is 9.83. The van der Waals surface area contributed by atoms with Crippen molar-refractivity contribution < 1.29 is 9.59 Å². The minimum absolute atomic E-state index is 0.0389. The predicted molar refractivity (Wildman–Crippen MR) is 117 cm³/mol. The molecule has 0 bridgehead atoms. The van der Waals surface area contributed by atoms with Crippen LogP contribution in [-0.2, 0) is 4.79 Å². The number of H-pyrrole nitrogens is 1. The molecule has 0 aliphatic rings. The summed E-state index contributed by atoms with van der Waals surface area (Å²) in [6, 6.07) is 23.1. The lowest BCUT2D eigenvalue weighted by atomic mass is 10.0. The van der Waals surface area contributed by atoms with Crippen LogP contribution in [0, 0.1) is 0 Å². The first kappa shape index (κ1) is 19.7. The Hall–Kier alpha value is -3.64. The van der Waals surface area contributed by atoms with E-state index in [2.05, 4.69) is 20.6 Å². The number of carbonyl (C=O) groups excluding carboxylic acids is 2. The van der Waals surface area contributed by atoms with Gasteiger partial charge in [-0.2, -0.15) is 0 Å². The number of rotatable bonds is 6. The Balaban J connectivity index is 1.51. The zero-order chi connectivity index (χ0) is 20.9. The normalized spacial score (nSPS) is 11.8. The molecule has 4 rings (SSSR count). The second kappa shape index (κ2) is 8.80. The van der Waals surface area contributed by atoms with Gasteiger partial charge in [-0.25, -0.2) is 4.98 Å². The van der Waals surface area contributed by atoms with E-state index in [1.54, 1.807) is 24.3 Å². The van der Waals surface area contributed by atoms with Gasteiger partial charge in [0.2, 0.25) is 11.9 Å². The van der Waals surface area contributed by atoms with Crippen LogP contribution in [0.4, 0.5) is 5.95 Å². The molecule has 0 aliphatic carbocycles. The lowest BCUT2D eigenvalue weighted by Gasteiger charge is -2.19. The van der Waals surface area contributed by atoms with Crippen LogP contribution in [0.1, 0.15) is 28.4 Å². The molecular formula is C23H19ClN4O2. The van der Waals surface area contributed by atoms with Gasteiger partial charge >= 0.3 is 0 Å². The summed E-state index contributed by atoms with van der Waals surface area (Å²) in [6.07, 6.45) is 0.0389. The summed E-state index contributed by atoms with van der Waals surface area (Å²) in [7, 11) is 0. The molecule has 3 N–H and O–H groups in total. The first-order valence-electron chi connectivity index (χ1n) is 9.45. The molecule has 0 radical (unpaired) electrons. The molecule has 0 aliphatic heterocycles. The van der Waals surface area contributed by atoms with E-state index >= 15 is 0 Å². The van der Waals surface area contributed by atoms with Gasteiger partial charge in [-0.3, -0.25) is 14.9 Å². The molecule has 1 aromatic heterocycles. The van der Waals surface area contributed by atoms with Crippen LogP contribution in [0.2, 0.25) is 5.02 Å². The smallest absolute Gasteiger partial charge is 0.253 e. The fraction of sp³-hybridized carbons (Fsp3) is 0.0870. The number of nitrogens with one attached hydrogen (secondary N) is 3. The molecule has 7 heteroatoms. The summed E-state index contributed by atoms with van der Waals surface area (Å²) in [5.74, 6) is -0.251. The molecule has 1 heterocycles. The average Bonchev–Trinajstić information content (AvgIpc) is 3.16. The van der Waals surface area contributed by atoms with E-state index in [1.165, 1.54) is 0 Å². The third kappa shape index (κ3) is 4.50. The van der Waals surface area contributed by atoms with Crippen molar-refractivity contribution >= 4 is 40.4 Å². The Labute approximate surface area is 178 Å². The van der Waals surface area contributed by atoms with Gasteiger partial charge in [-0.1, -0.05) is 66.2 Å². The number of aromatic amines is 1. The molecule has 0 fully saturated rings. The number of nitrogens with zero attached hydrogens (tertiary/aromatic N) is 1. The van der Waals surface area contributed by atoms with E-state index in [0.717, 1.165) is 16.6 Å². The summed E-state index contributed by atoms with van der Waals surface area (Å²) in [6.45, 7) is 0. The number of amides is 2. The summed E-state index contributed by atoms with van der Waals surface area (Å²) < 4.78 is 0. The molecule has 0 saturated carbocycles. The van der Waals surface area contributed by atoms with Crippen molar-refractivity contribution in [2.75, 3.05) is 5.32 Å². The van der Waals surface area contributed by atoms with Crippen molar-refractivity contribution in [3.63, 3.8) is 0 Å². The van der Waals surface area contributed by atoms with E-state index in [9.17, 15) is 9.59 Å². The van der Waals surface area contributed by atoms with Crippen molar-refractivity contribution in [1.29, 1.82) is 0 Å². The van der Waals surface area contributed by atoms with Crippen LogP contribution in [-0.4, -0.2) is 21.8 Å². The van der Waals surface area contributed by atoms with Gasteiger partial charge in [0.05, 0.1) is 34.1 Å². The summed E-state index contributed by atoms with van der Waals surface area (Å²) in [4.78, 5) is 32.9. The van der Waals surface area contributed by atoms with Crippen molar-refractivity contribution in [3.05, 3.63) is 95.0 Å². The van der Waals surface area contributed by atoms with Crippen LogP contribution in [0.3, 0.4) is 0 Å². The highest BCUT2D eigenvalue weighted by Crippen LogP contribution is 2.21. The Morgan fingerprint density at radius 2 is 1.63 bits per heavy atom. The minimum atomic E-state index is -0.528. The van der Waals surface area contributed by atoms with E-state index in [0.29, 0.717) is 16.5 Å². The van der Waals surface area contributed by atoms with E-state index in [4.69, 9.17) is 11.6 Å². The highest BCUT2D eigenvalue weighted by atomic mass is 35.5. The molecule has 0 unspecified atom stereocenters. The molecule has 1 atom stereocenters. The Morgan fingerprint density at radius 1 is 0.933 bits per heavy atom. The van der Waals surface area contributed by atoms with Crippen molar-refractivity contribution in [2.24, 2.45) is 0 Å². The van der Waals surface area contributed by atoms with Crippen LogP contribution in [0.15, 0.2) is 78.9 Å². The van der Waals surface area contributed by atoms with Gasteiger partial charge < -0.3 is 10.3 Å². The Kier molecular flexibility index (Phi) is 5.77. The van der Waals surface area contributed by atoms with Crippen molar-refractivity contribution in [1.82, 2.24) is 15.3 Å². The van der Waals surface area contributed by atoms with Gasteiger partial charge in [0.15, 0.2) is 0 Å². The number of halogens is 1. The third-order valence-electron chi connectivity index (χ3n) is 4.66. The van der Waals surface area contributed by atoms with Gasteiger partial charge in [-0.05, 0) is 29.8 Å². The second-order valence-electron chi connectivity index (χ2n) is 6.77. The van der Waals surface area contributed by atoms with Gasteiger partial charge in [0.25, 0.3) is 5.91 Å². The van der Waals surface area contributed by atoms with E-state index in [-0.39, 0.29) is 18.2 Å². The van der Waals surface area contributed by atoms with Gasteiger partial charge in [-0.15, -0.1) is 0 Å². The standard InChI is InChI=1S/C23H19ClN4O2/c24-17-11-5-4-10-16(17)22(30)25-20(15-8-2-1-3-9-15)14-21(29)28-23-26-18-12-6-7-13-19(18)27-23/h1-13,20H,14H2,(H,25,30)(H2,26,27,28,29)/t20-/m0/s1. The molecule has 0 saturated heterocycles. The van der Waals surface area contributed by atoms with Crippen LogP contribution in [0.5, 0.6) is 0 Å². The summed E-state index contributed by atoms with van der Waals surface area (Å²) >= 11 is 6.15. The number of carbonyl (C=O) groups is 2. The Bertz CT molecular complexity index is 1160. The fourth-order valence-electron chi connectivity index (χ4n) is 3.20. The maximum atomic E-state index is 12.8. The fourth-order valence-corrected chi connectivity index (χ4v) is 3.42. The summed E-state index contributed by atoms with van der Waals surface area (Å²) in [5.41, 5.74) is 2.77. The number of imidazole rings is 1. The molecule has 0 spiro atoms. The number of anilines is 1. The largest absolute Gasteiger partial charge is 0.345 e. The number of para-hydroxylation sites is 2. The quantitative estimate of drug-likeness (QED) is 0.423. The predicted octanol–water partition coefficient (Wildman–Crippen LogP) is 4.72. The maximum Gasteiger partial charge on any atom is 0.253 e. The number of hydrogen-bond acceptors (Lipinski definition) is 3. The zero-order valence-electron chi connectivity index (χ0n) is 15.9. The molecule has 4 aromatic rings. The molecule has 3 aromatic carbocycles. The zero-order valence-corrected chi connectivity index (χ0v) is 16.7. The van der Waals surface area contributed by atoms with Gasteiger partial charge in [0.1, 0.15) is 0 Å². The monoisotopic (exact) mass is 418 g/mol. The second-order valence-corrected chi connectivity index (χ2v) is 7.18. The number of aromatic nitrogens is 2. The number of fused-ring (bicyclic) bond motifs is 1. The Morgan fingerprint density at radius 3 is 2.40 bits per heavy atom. The number of benzene rings is 3. The lowest BCUT2D eigenvalue weighted by molar-refractivity contribution is -0.116. The molecule has 150 valence electrons. The van der Waals surface area contributed by atoms with Gasteiger partial charge in [0, 0.05) is 0 Å².